The van der Waals surface area contributed by atoms with Crippen LogP contribution in [-0.2, 0) is 0 Å². The highest BCUT2D eigenvalue weighted by Gasteiger charge is 2.42. The summed E-state index contributed by atoms with van der Waals surface area (Å²) in [5.74, 6) is 1.42. The Bertz CT molecular complexity index is 248. The molecule has 1 nitrogen and oxygen atoms in total. The predicted molar refractivity (Wildman–Crippen MR) is 81.5 cm³/mol. The quantitative estimate of drug-likeness (QED) is 0.505. The second kappa shape index (κ2) is 7.33. The molecule has 0 heterocycles. The molecule has 0 spiro atoms. The van der Waals surface area contributed by atoms with Gasteiger partial charge in [-0.3, -0.25) is 0 Å². The number of nitrogens with two attached hydrogens (primary N) is 1. The van der Waals surface area contributed by atoms with E-state index in [1.54, 1.807) is 0 Å². The molecule has 0 aromatic heterocycles. The molecule has 0 aromatic rings. The fraction of sp³-hybridized carbons (Fsp3) is 0.882. The summed E-state index contributed by atoms with van der Waals surface area (Å²) in [5.41, 5.74) is 6.72. The van der Waals surface area contributed by atoms with E-state index in [-0.39, 0.29) is 0 Å². The van der Waals surface area contributed by atoms with Gasteiger partial charge in [-0.15, -0.1) is 6.58 Å². The van der Waals surface area contributed by atoms with Gasteiger partial charge in [0.2, 0.25) is 0 Å². The molecule has 1 aliphatic carbocycles. The minimum atomic E-state index is 0.381. The van der Waals surface area contributed by atoms with Crippen LogP contribution in [0.4, 0.5) is 0 Å². The third-order valence-corrected chi connectivity index (χ3v) is 5.06. The van der Waals surface area contributed by atoms with Crippen molar-refractivity contribution in [2.24, 2.45) is 23.0 Å². The van der Waals surface area contributed by atoms with Crippen LogP contribution >= 0.6 is 0 Å². The summed E-state index contributed by atoms with van der Waals surface area (Å²) in [6, 6.07) is 0.381. The molecule has 0 amide bonds. The van der Waals surface area contributed by atoms with Crippen molar-refractivity contribution in [3.63, 3.8) is 0 Å². The average Bonchev–Trinajstić information content (AvgIpc) is 2.33. The molecule has 1 aliphatic rings. The van der Waals surface area contributed by atoms with Crippen LogP contribution < -0.4 is 5.73 Å². The highest BCUT2D eigenvalue weighted by atomic mass is 14.7. The zero-order valence-corrected chi connectivity index (χ0v) is 12.8. The van der Waals surface area contributed by atoms with Crippen molar-refractivity contribution < 1.29 is 0 Å². The van der Waals surface area contributed by atoms with E-state index in [9.17, 15) is 0 Å². The fourth-order valence-corrected chi connectivity index (χ4v) is 4.16. The van der Waals surface area contributed by atoms with Gasteiger partial charge in [0.15, 0.2) is 0 Å². The maximum Gasteiger partial charge on any atom is 0.00498 e. The monoisotopic (exact) mass is 251 g/mol. The van der Waals surface area contributed by atoms with Crippen molar-refractivity contribution in [2.45, 2.75) is 78.2 Å². The van der Waals surface area contributed by atoms with Gasteiger partial charge in [-0.25, -0.2) is 0 Å². The summed E-state index contributed by atoms with van der Waals surface area (Å²) < 4.78 is 0. The largest absolute Gasteiger partial charge is 0.328 e. The van der Waals surface area contributed by atoms with Gasteiger partial charge in [0.05, 0.1) is 0 Å². The van der Waals surface area contributed by atoms with Crippen molar-refractivity contribution in [2.75, 3.05) is 0 Å². The van der Waals surface area contributed by atoms with Gasteiger partial charge in [-0.05, 0) is 36.5 Å². The van der Waals surface area contributed by atoms with Gasteiger partial charge in [0, 0.05) is 6.04 Å². The summed E-state index contributed by atoms with van der Waals surface area (Å²) in [7, 11) is 0. The Hall–Kier alpha value is -0.300. The first-order chi connectivity index (χ1) is 8.57. The Labute approximate surface area is 114 Å². The first kappa shape index (κ1) is 15.8. The molecule has 4 unspecified atom stereocenters. The van der Waals surface area contributed by atoms with Crippen LogP contribution in [0, 0.1) is 17.3 Å². The summed E-state index contributed by atoms with van der Waals surface area (Å²) in [4.78, 5) is 0. The normalized spacial score (nSPS) is 36.6. The van der Waals surface area contributed by atoms with E-state index in [2.05, 4.69) is 33.4 Å². The van der Waals surface area contributed by atoms with Gasteiger partial charge < -0.3 is 5.73 Å². The predicted octanol–water partition coefficient (Wildman–Crippen LogP) is 4.91. The molecule has 18 heavy (non-hydrogen) atoms. The number of rotatable bonds is 7. The lowest BCUT2D eigenvalue weighted by molar-refractivity contribution is 0.0518. The van der Waals surface area contributed by atoms with E-state index in [1.807, 2.05) is 0 Å². The number of unbranched alkanes of at least 4 members (excludes halogenated alkanes) is 3. The molecule has 0 aromatic carbocycles. The van der Waals surface area contributed by atoms with Crippen LogP contribution in [-0.4, -0.2) is 6.04 Å². The molecule has 106 valence electrons. The Morgan fingerprint density at radius 2 is 2.00 bits per heavy atom. The molecular formula is C17H33N. The van der Waals surface area contributed by atoms with Crippen LogP contribution in [0.1, 0.15) is 72.1 Å². The summed E-state index contributed by atoms with van der Waals surface area (Å²) in [6.07, 6.45) is 12.6. The third kappa shape index (κ3) is 3.85. The van der Waals surface area contributed by atoms with E-state index < -0.39 is 0 Å². The number of allylic oxidation sites excluding steroid dienone is 1. The molecule has 0 saturated heterocycles. The van der Waals surface area contributed by atoms with Crippen molar-refractivity contribution >= 4 is 0 Å². The minimum absolute atomic E-state index is 0.381. The first-order valence-electron chi connectivity index (χ1n) is 7.95. The SMILES string of the molecule is C=CC1CC(N)CC(C)(CCCCCC)C1CC. The van der Waals surface area contributed by atoms with E-state index in [4.69, 9.17) is 5.73 Å². The van der Waals surface area contributed by atoms with E-state index >= 15 is 0 Å². The van der Waals surface area contributed by atoms with Crippen LogP contribution in [0.15, 0.2) is 12.7 Å². The van der Waals surface area contributed by atoms with Crippen LogP contribution in [0.2, 0.25) is 0 Å². The second-order valence-corrected chi connectivity index (χ2v) is 6.58. The van der Waals surface area contributed by atoms with E-state index in [1.165, 1.54) is 44.9 Å². The molecule has 0 bridgehead atoms. The van der Waals surface area contributed by atoms with Crippen LogP contribution in [0.25, 0.3) is 0 Å². The van der Waals surface area contributed by atoms with E-state index in [0.29, 0.717) is 17.4 Å². The molecule has 0 radical (unpaired) electrons. The van der Waals surface area contributed by atoms with Gasteiger partial charge >= 0.3 is 0 Å². The average molecular weight is 251 g/mol. The Balaban J connectivity index is 2.64. The number of hydrogen-bond donors (Lipinski definition) is 1. The molecule has 1 heteroatoms. The lowest BCUT2D eigenvalue weighted by Gasteiger charge is -2.48. The molecule has 0 aliphatic heterocycles. The highest BCUT2D eigenvalue weighted by molar-refractivity contribution is 5.00. The lowest BCUT2D eigenvalue weighted by Crippen LogP contribution is -2.45. The topological polar surface area (TPSA) is 26.0 Å². The maximum atomic E-state index is 6.28. The van der Waals surface area contributed by atoms with Gasteiger partial charge in [-0.2, -0.15) is 0 Å². The summed E-state index contributed by atoms with van der Waals surface area (Å²) in [6.45, 7) is 11.1. The first-order valence-corrected chi connectivity index (χ1v) is 7.95. The van der Waals surface area contributed by atoms with Crippen molar-refractivity contribution in [3.8, 4) is 0 Å². The molecule has 1 rings (SSSR count). The summed E-state index contributed by atoms with van der Waals surface area (Å²) in [5, 5.41) is 0. The van der Waals surface area contributed by atoms with Crippen molar-refractivity contribution in [3.05, 3.63) is 12.7 Å². The van der Waals surface area contributed by atoms with Gasteiger partial charge in [0.1, 0.15) is 0 Å². The maximum absolute atomic E-state index is 6.28. The summed E-state index contributed by atoms with van der Waals surface area (Å²) >= 11 is 0. The van der Waals surface area contributed by atoms with Crippen molar-refractivity contribution in [1.29, 1.82) is 0 Å². The van der Waals surface area contributed by atoms with Gasteiger partial charge in [0.25, 0.3) is 0 Å². The Morgan fingerprint density at radius 3 is 2.56 bits per heavy atom. The minimum Gasteiger partial charge on any atom is -0.328 e. The highest BCUT2D eigenvalue weighted by Crippen LogP contribution is 2.49. The standard InChI is InChI=1S/C17H33N/c1-5-8-9-10-11-17(4)13-15(18)12-14(6-2)16(17)7-3/h6,14-16H,2,5,7-13,18H2,1,3-4H3. The molecule has 1 saturated carbocycles. The van der Waals surface area contributed by atoms with Gasteiger partial charge in [-0.1, -0.05) is 59.0 Å². The Kier molecular flexibility index (Phi) is 6.42. The Morgan fingerprint density at radius 1 is 1.28 bits per heavy atom. The zero-order valence-electron chi connectivity index (χ0n) is 12.8. The lowest BCUT2D eigenvalue weighted by atomic mass is 9.58. The van der Waals surface area contributed by atoms with E-state index in [0.717, 1.165) is 12.3 Å². The second-order valence-electron chi connectivity index (χ2n) is 6.58. The third-order valence-electron chi connectivity index (χ3n) is 5.06. The smallest absolute Gasteiger partial charge is 0.00498 e. The molecular weight excluding hydrogens is 218 g/mol. The molecule has 4 atom stereocenters. The zero-order chi connectivity index (χ0) is 13.6. The van der Waals surface area contributed by atoms with Crippen LogP contribution in [0.3, 0.4) is 0 Å². The number of hydrogen-bond acceptors (Lipinski definition) is 1. The van der Waals surface area contributed by atoms with Crippen molar-refractivity contribution in [1.82, 2.24) is 0 Å². The van der Waals surface area contributed by atoms with Crippen LogP contribution in [0.5, 0.6) is 0 Å². The molecule has 2 N–H and O–H groups in total. The molecule has 1 fully saturated rings. The fourth-order valence-electron chi connectivity index (χ4n) is 4.16.